The number of aldehydes is 1. The van der Waals surface area contributed by atoms with Gasteiger partial charge in [0.25, 0.3) is 0 Å². The summed E-state index contributed by atoms with van der Waals surface area (Å²) in [6.07, 6.45) is 3.33. The van der Waals surface area contributed by atoms with Crippen LogP contribution in [0.4, 0.5) is 0 Å². The van der Waals surface area contributed by atoms with Crippen molar-refractivity contribution in [2.24, 2.45) is 0 Å². The summed E-state index contributed by atoms with van der Waals surface area (Å²) in [5.74, 6) is 0.759. The highest BCUT2D eigenvalue weighted by molar-refractivity contribution is 5.62. The lowest BCUT2D eigenvalue weighted by atomic mass is 10.1. The molecular weight excluding hydrogens is 204 g/mol. The number of allylic oxidation sites excluding steroid dienone is 1. The molecule has 1 rings (SSSR count). The lowest BCUT2D eigenvalue weighted by molar-refractivity contribution is -0.107. The van der Waals surface area contributed by atoms with E-state index in [1.807, 2.05) is 37.3 Å². The molecule has 0 bridgehead atoms. The van der Waals surface area contributed by atoms with Crippen LogP contribution in [0.15, 0.2) is 29.8 Å². The molecule has 86 valence electrons. The molecule has 0 amide bonds. The summed E-state index contributed by atoms with van der Waals surface area (Å²) in [6, 6.07) is 7.65. The van der Waals surface area contributed by atoms with E-state index in [1.165, 1.54) is 0 Å². The maximum absolute atomic E-state index is 10.3. The van der Waals surface area contributed by atoms with Crippen molar-refractivity contribution in [1.29, 1.82) is 0 Å². The summed E-state index contributed by atoms with van der Waals surface area (Å²) in [6.45, 7) is 2.16. The Morgan fingerprint density at radius 3 is 2.94 bits per heavy atom. The van der Waals surface area contributed by atoms with Gasteiger partial charge in [0, 0.05) is 13.5 Å². The van der Waals surface area contributed by atoms with E-state index in [1.54, 1.807) is 7.11 Å². The SMILES string of the molecule is COCOc1cccc(C=C(C)CC=O)c1. The molecule has 0 aliphatic rings. The minimum absolute atomic E-state index is 0.237. The fourth-order valence-electron chi connectivity index (χ4n) is 1.30. The van der Waals surface area contributed by atoms with Gasteiger partial charge in [-0.2, -0.15) is 0 Å². The van der Waals surface area contributed by atoms with Crippen LogP contribution in [0.1, 0.15) is 18.9 Å². The van der Waals surface area contributed by atoms with E-state index in [4.69, 9.17) is 9.47 Å². The first-order valence-corrected chi connectivity index (χ1v) is 5.09. The zero-order chi connectivity index (χ0) is 11.8. The number of hydrogen-bond donors (Lipinski definition) is 0. The number of carbonyl (C=O) groups excluding carboxylic acids is 1. The first-order valence-electron chi connectivity index (χ1n) is 5.09. The second kappa shape index (κ2) is 6.80. The van der Waals surface area contributed by atoms with Gasteiger partial charge in [-0.15, -0.1) is 0 Å². The number of rotatable bonds is 6. The van der Waals surface area contributed by atoms with Gasteiger partial charge in [0.2, 0.25) is 0 Å². The Morgan fingerprint density at radius 1 is 1.44 bits per heavy atom. The van der Waals surface area contributed by atoms with Crippen LogP contribution >= 0.6 is 0 Å². The second-order valence-corrected chi connectivity index (χ2v) is 3.48. The minimum Gasteiger partial charge on any atom is -0.468 e. The minimum atomic E-state index is 0.237. The average Bonchev–Trinajstić information content (AvgIpc) is 2.27. The molecule has 0 saturated carbocycles. The number of hydrogen-bond acceptors (Lipinski definition) is 3. The number of methoxy groups -OCH3 is 1. The monoisotopic (exact) mass is 220 g/mol. The predicted octanol–water partition coefficient (Wildman–Crippen LogP) is 2.66. The van der Waals surface area contributed by atoms with Crippen LogP contribution in [0.25, 0.3) is 6.08 Å². The summed E-state index contributed by atoms with van der Waals surface area (Å²) >= 11 is 0. The van der Waals surface area contributed by atoms with Crippen molar-refractivity contribution in [3.8, 4) is 5.75 Å². The van der Waals surface area contributed by atoms with Crippen molar-refractivity contribution < 1.29 is 14.3 Å². The van der Waals surface area contributed by atoms with Crippen molar-refractivity contribution in [1.82, 2.24) is 0 Å². The van der Waals surface area contributed by atoms with Crippen LogP contribution < -0.4 is 4.74 Å². The van der Waals surface area contributed by atoms with E-state index in [0.29, 0.717) is 6.42 Å². The summed E-state index contributed by atoms with van der Waals surface area (Å²) < 4.78 is 10.1. The molecule has 3 nitrogen and oxygen atoms in total. The van der Waals surface area contributed by atoms with E-state index < -0.39 is 0 Å². The van der Waals surface area contributed by atoms with E-state index in [0.717, 1.165) is 23.2 Å². The fraction of sp³-hybridized carbons (Fsp3) is 0.308. The first-order chi connectivity index (χ1) is 7.76. The Kier molecular flexibility index (Phi) is 5.29. The molecule has 3 heteroatoms. The molecular formula is C13H16O3. The van der Waals surface area contributed by atoms with Gasteiger partial charge in [0.1, 0.15) is 12.0 Å². The highest BCUT2D eigenvalue weighted by Gasteiger charge is 1.95. The number of carbonyl (C=O) groups is 1. The van der Waals surface area contributed by atoms with Crippen molar-refractivity contribution in [2.75, 3.05) is 13.9 Å². The molecule has 0 N–H and O–H groups in total. The zero-order valence-corrected chi connectivity index (χ0v) is 9.60. The molecule has 0 aliphatic heterocycles. The van der Waals surface area contributed by atoms with Crippen molar-refractivity contribution in [3.63, 3.8) is 0 Å². The molecule has 0 atom stereocenters. The maximum atomic E-state index is 10.3. The summed E-state index contributed by atoms with van der Waals surface area (Å²) in [4.78, 5) is 10.3. The molecule has 0 heterocycles. The lowest BCUT2D eigenvalue weighted by Crippen LogP contribution is -1.98. The third kappa shape index (κ3) is 4.28. The summed E-state index contributed by atoms with van der Waals surface area (Å²) in [7, 11) is 1.58. The van der Waals surface area contributed by atoms with Gasteiger partial charge in [-0.05, 0) is 24.6 Å². The number of ether oxygens (including phenoxy) is 2. The Morgan fingerprint density at radius 2 is 2.25 bits per heavy atom. The normalized spacial score (nSPS) is 11.2. The number of benzene rings is 1. The van der Waals surface area contributed by atoms with E-state index in [9.17, 15) is 4.79 Å². The Balaban J connectivity index is 2.73. The largest absolute Gasteiger partial charge is 0.468 e. The van der Waals surface area contributed by atoms with Crippen molar-refractivity contribution >= 4 is 12.4 Å². The molecule has 0 aliphatic carbocycles. The smallest absolute Gasteiger partial charge is 0.188 e. The van der Waals surface area contributed by atoms with E-state index in [2.05, 4.69) is 0 Å². The van der Waals surface area contributed by atoms with Gasteiger partial charge in [0.05, 0.1) is 0 Å². The summed E-state index contributed by atoms with van der Waals surface area (Å²) in [5.41, 5.74) is 2.05. The van der Waals surface area contributed by atoms with Crippen LogP contribution in [0, 0.1) is 0 Å². The molecule has 0 fully saturated rings. The molecule has 0 spiro atoms. The van der Waals surface area contributed by atoms with Crippen molar-refractivity contribution in [2.45, 2.75) is 13.3 Å². The van der Waals surface area contributed by atoms with Crippen LogP contribution in [0.3, 0.4) is 0 Å². The molecule has 0 unspecified atom stereocenters. The lowest BCUT2D eigenvalue weighted by Gasteiger charge is -2.05. The van der Waals surface area contributed by atoms with Gasteiger partial charge in [-0.1, -0.05) is 23.8 Å². The standard InChI is InChI=1S/C13H16O3/c1-11(6-7-14)8-12-4-3-5-13(9-12)16-10-15-2/h3-5,7-9H,6,10H2,1-2H3. The van der Waals surface area contributed by atoms with E-state index in [-0.39, 0.29) is 6.79 Å². The average molecular weight is 220 g/mol. The van der Waals surface area contributed by atoms with Crippen molar-refractivity contribution in [3.05, 3.63) is 35.4 Å². The van der Waals surface area contributed by atoms with Crippen LogP contribution in [0.2, 0.25) is 0 Å². The molecule has 1 aromatic rings. The Hall–Kier alpha value is -1.61. The van der Waals surface area contributed by atoms with Gasteiger partial charge in [-0.3, -0.25) is 0 Å². The van der Waals surface area contributed by atoms with Gasteiger partial charge >= 0.3 is 0 Å². The topological polar surface area (TPSA) is 35.5 Å². The quantitative estimate of drug-likeness (QED) is 0.546. The highest BCUT2D eigenvalue weighted by atomic mass is 16.7. The van der Waals surface area contributed by atoms with Crippen LogP contribution in [-0.4, -0.2) is 20.2 Å². The Bertz CT molecular complexity index is 369. The van der Waals surface area contributed by atoms with Gasteiger partial charge in [-0.25, -0.2) is 0 Å². The predicted molar refractivity (Wildman–Crippen MR) is 63.3 cm³/mol. The van der Waals surface area contributed by atoms with E-state index >= 15 is 0 Å². The molecule has 0 saturated heterocycles. The summed E-state index contributed by atoms with van der Waals surface area (Å²) in [5, 5.41) is 0. The van der Waals surface area contributed by atoms with Gasteiger partial charge in [0.15, 0.2) is 6.79 Å². The first kappa shape index (κ1) is 12.5. The molecule has 0 aromatic heterocycles. The highest BCUT2D eigenvalue weighted by Crippen LogP contribution is 2.16. The Labute approximate surface area is 95.7 Å². The zero-order valence-electron chi connectivity index (χ0n) is 9.60. The third-order valence-corrected chi connectivity index (χ3v) is 2.02. The second-order valence-electron chi connectivity index (χ2n) is 3.48. The molecule has 16 heavy (non-hydrogen) atoms. The third-order valence-electron chi connectivity index (χ3n) is 2.02. The maximum Gasteiger partial charge on any atom is 0.188 e. The molecule has 1 aromatic carbocycles. The molecule has 0 radical (unpaired) electrons. The van der Waals surface area contributed by atoms with Crippen LogP contribution in [-0.2, 0) is 9.53 Å². The van der Waals surface area contributed by atoms with Gasteiger partial charge < -0.3 is 14.3 Å². The fourth-order valence-corrected chi connectivity index (χ4v) is 1.30. The van der Waals surface area contributed by atoms with Crippen LogP contribution in [0.5, 0.6) is 5.75 Å².